The standard InChI is InChI=1S/C11H12ClN5O/c1-7-3-9(12)8(4-13-7)11(18)14-5-10-16-15-6-17(10)2/h3-4,6H,5H2,1-2H3,(H,14,18). The summed E-state index contributed by atoms with van der Waals surface area (Å²) in [5, 5.41) is 10.7. The molecule has 0 unspecified atom stereocenters. The molecule has 18 heavy (non-hydrogen) atoms. The van der Waals surface area contributed by atoms with Crippen molar-refractivity contribution in [3.05, 3.63) is 40.7 Å². The molecule has 6 nitrogen and oxygen atoms in total. The lowest BCUT2D eigenvalue weighted by atomic mass is 10.2. The second kappa shape index (κ2) is 5.14. The number of hydrogen-bond acceptors (Lipinski definition) is 4. The lowest BCUT2D eigenvalue weighted by Gasteiger charge is -2.06. The Hall–Kier alpha value is -1.95. The lowest BCUT2D eigenvalue weighted by molar-refractivity contribution is 0.0949. The second-order valence-electron chi connectivity index (χ2n) is 3.85. The smallest absolute Gasteiger partial charge is 0.254 e. The largest absolute Gasteiger partial charge is 0.345 e. The molecule has 2 rings (SSSR count). The van der Waals surface area contributed by atoms with E-state index in [1.54, 1.807) is 17.0 Å². The maximum absolute atomic E-state index is 11.9. The molecule has 0 atom stereocenters. The molecule has 2 heterocycles. The molecular formula is C11H12ClN5O. The van der Waals surface area contributed by atoms with Crippen molar-refractivity contribution in [2.75, 3.05) is 0 Å². The Kier molecular flexibility index (Phi) is 3.57. The van der Waals surface area contributed by atoms with E-state index in [9.17, 15) is 4.79 Å². The number of nitrogens with zero attached hydrogens (tertiary/aromatic N) is 4. The third kappa shape index (κ3) is 2.65. The molecule has 0 fully saturated rings. The van der Waals surface area contributed by atoms with E-state index in [0.29, 0.717) is 23.0 Å². The summed E-state index contributed by atoms with van der Waals surface area (Å²) in [5.41, 5.74) is 1.12. The van der Waals surface area contributed by atoms with E-state index in [1.807, 2.05) is 14.0 Å². The molecule has 2 aromatic heterocycles. The molecule has 0 aliphatic carbocycles. The van der Waals surface area contributed by atoms with Crippen LogP contribution in [0.2, 0.25) is 5.02 Å². The number of pyridine rings is 1. The van der Waals surface area contributed by atoms with Gasteiger partial charge in [0.1, 0.15) is 6.33 Å². The highest BCUT2D eigenvalue weighted by Gasteiger charge is 2.11. The zero-order valence-electron chi connectivity index (χ0n) is 10.0. The van der Waals surface area contributed by atoms with Crippen LogP contribution in [0, 0.1) is 6.92 Å². The van der Waals surface area contributed by atoms with Gasteiger partial charge in [-0.05, 0) is 13.0 Å². The van der Waals surface area contributed by atoms with E-state index in [-0.39, 0.29) is 5.91 Å². The average Bonchev–Trinajstić information content (AvgIpc) is 2.72. The molecule has 0 aromatic carbocycles. The molecule has 0 bridgehead atoms. The first-order chi connectivity index (χ1) is 8.58. The number of carbonyl (C=O) groups is 1. The number of carbonyl (C=O) groups excluding carboxylic acids is 1. The Morgan fingerprint density at radius 1 is 1.56 bits per heavy atom. The Labute approximate surface area is 109 Å². The first kappa shape index (κ1) is 12.5. The fourth-order valence-corrected chi connectivity index (χ4v) is 1.71. The van der Waals surface area contributed by atoms with Gasteiger partial charge in [0.15, 0.2) is 5.82 Å². The van der Waals surface area contributed by atoms with Crippen LogP contribution in [0.25, 0.3) is 0 Å². The molecule has 1 N–H and O–H groups in total. The van der Waals surface area contributed by atoms with Crippen LogP contribution in [0.1, 0.15) is 21.9 Å². The molecule has 0 saturated carbocycles. The summed E-state index contributed by atoms with van der Waals surface area (Å²) in [6.07, 6.45) is 3.03. The first-order valence-electron chi connectivity index (χ1n) is 5.31. The summed E-state index contributed by atoms with van der Waals surface area (Å²) in [6, 6.07) is 1.65. The third-order valence-corrected chi connectivity index (χ3v) is 2.76. The highest BCUT2D eigenvalue weighted by molar-refractivity contribution is 6.33. The van der Waals surface area contributed by atoms with Crippen LogP contribution < -0.4 is 5.32 Å². The summed E-state index contributed by atoms with van der Waals surface area (Å²) in [4.78, 5) is 15.9. The van der Waals surface area contributed by atoms with Gasteiger partial charge in [-0.3, -0.25) is 9.78 Å². The van der Waals surface area contributed by atoms with Gasteiger partial charge in [-0.1, -0.05) is 11.6 Å². The summed E-state index contributed by atoms with van der Waals surface area (Å²) >= 11 is 5.98. The van der Waals surface area contributed by atoms with Crippen molar-refractivity contribution in [2.45, 2.75) is 13.5 Å². The summed E-state index contributed by atoms with van der Waals surface area (Å²) in [7, 11) is 1.81. The Morgan fingerprint density at radius 2 is 2.33 bits per heavy atom. The molecule has 0 spiro atoms. The van der Waals surface area contributed by atoms with Gasteiger partial charge < -0.3 is 9.88 Å². The maximum Gasteiger partial charge on any atom is 0.254 e. The van der Waals surface area contributed by atoms with Crippen molar-refractivity contribution >= 4 is 17.5 Å². The summed E-state index contributed by atoms with van der Waals surface area (Å²) in [6.45, 7) is 2.10. The van der Waals surface area contributed by atoms with Gasteiger partial charge in [0, 0.05) is 18.9 Å². The van der Waals surface area contributed by atoms with Crippen molar-refractivity contribution in [1.82, 2.24) is 25.1 Å². The van der Waals surface area contributed by atoms with Crippen LogP contribution in [0.3, 0.4) is 0 Å². The van der Waals surface area contributed by atoms with Gasteiger partial charge in [-0.25, -0.2) is 0 Å². The van der Waals surface area contributed by atoms with Gasteiger partial charge in [0.25, 0.3) is 5.91 Å². The van der Waals surface area contributed by atoms with Gasteiger partial charge in [-0.15, -0.1) is 10.2 Å². The van der Waals surface area contributed by atoms with Crippen molar-refractivity contribution in [3.8, 4) is 0 Å². The number of nitrogens with one attached hydrogen (secondary N) is 1. The summed E-state index contributed by atoms with van der Waals surface area (Å²) < 4.78 is 1.73. The van der Waals surface area contributed by atoms with E-state index >= 15 is 0 Å². The number of amides is 1. The predicted octanol–water partition coefficient (Wildman–Crippen LogP) is 1.10. The molecule has 2 aromatic rings. The van der Waals surface area contributed by atoms with Crippen molar-refractivity contribution in [1.29, 1.82) is 0 Å². The van der Waals surface area contributed by atoms with E-state index in [2.05, 4.69) is 20.5 Å². The van der Waals surface area contributed by atoms with Crippen molar-refractivity contribution in [3.63, 3.8) is 0 Å². The highest BCUT2D eigenvalue weighted by Crippen LogP contribution is 2.15. The second-order valence-corrected chi connectivity index (χ2v) is 4.25. The number of hydrogen-bond donors (Lipinski definition) is 1. The van der Waals surface area contributed by atoms with Crippen molar-refractivity contribution in [2.24, 2.45) is 7.05 Å². The average molecular weight is 266 g/mol. The minimum absolute atomic E-state index is 0.282. The topological polar surface area (TPSA) is 72.7 Å². The molecule has 1 amide bonds. The molecule has 0 radical (unpaired) electrons. The molecule has 94 valence electrons. The molecular weight excluding hydrogens is 254 g/mol. The third-order valence-electron chi connectivity index (χ3n) is 2.45. The number of rotatable bonds is 3. The molecule has 7 heteroatoms. The molecule has 0 aliphatic rings. The zero-order valence-corrected chi connectivity index (χ0v) is 10.8. The van der Waals surface area contributed by atoms with Gasteiger partial charge in [0.2, 0.25) is 0 Å². The van der Waals surface area contributed by atoms with E-state index in [0.717, 1.165) is 5.69 Å². The van der Waals surface area contributed by atoms with E-state index < -0.39 is 0 Å². The first-order valence-corrected chi connectivity index (χ1v) is 5.69. The van der Waals surface area contributed by atoms with Crippen LogP contribution in [0.5, 0.6) is 0 Å². The summed E-state index contributed by atoms with van der Waals surface area (Å²) in [5.74, 6) is 0.384. The maximum atomic E-state index is 11.9. The van der Waals surface area contributed by atoms with Crippen LogP contribution in [-0.4, -0.2) is 25.7 Å². The highest BCUT2D eigenvalue weighted by atomic mass is 35.5. The number of aryl methyl sites for hydroxylation is 2. The lowest BCUT2D eigenvalue weighted by Crippen LogP contribution is -2.24. The molecule has 0 aliphatic heterocycles. The predicted molar refractivity (Wildman–Crippen MR) is 66.2 cm³/mol. The van der Waals surface area contributed by atoms with E-state index in [4.69, 9.17) is 11.6 Å². The Balaban J connectivity index is 2.06. The zero-order chi connectivity index (χ0) is 13.1. The van der Waals surface area contributed by atoms with E-state index in [1.165, 1.54) is 6.20 Å². The van der Waals surface area contributed by atoms with Crippen LogP contribution >= 0.6 is 11.6 Å². The van der Waals surface area contributed by atoms with Crippen molar-refractivity contribution < 1.29 is 4.79 Å². The van der Waals surface area contributed by atoms with Crippen LogP contribution in [-0.2, 0) is 13.6 Å². The monoisotopic (exact) mass is 265 g/mol. The van der Waals surface area contributed by atoms with Crippen LogP contribution in [0.4, 0.5) is 0 Å². The minimum atomic E-state index is -0.282. The quantitative estimate of drug-likeness (QED) is 0.902. The minimum Gasteiger partial charge on any atom is -0.345 e. The fraction of sp³-hybridized carbons (Fsp3) is 0.273. The van der Waals surface area contributed by atoms with Gasteiger partial charge >= 0.3 is 0 Å². The number of aromatic nitrogens is 4. The van der Waals surface area contributed by atoms with Crippen LogP contribution in [0.15, 0.2) is 18.6 Å². The molecule has 0 saturated heterocycles. The van der Waals surface area contributed by atoms with Gasteiger partial charge in [0.05, 0.1) is 17.1 Å². The Bertz CT molecular complexity index is 581. The Morgan fingerprint density at radius 3 is 2.94 bits per heavy atom. The SMILES string of the molecule is Cc1cc(Cl)c(C(=O)NCc2nncn2C)cn1. The fourth-order valence-electron chi connectivity index (χ4n) is 1.42. The normalized spacial score (nSPS) is 10.4. The number of halogens is 1. The van der Waals surface area contributed by atoms with Gasteiger partial charge in [-0.2, -0.15) is 0 Å².